The highest BCUT2D eigenvalue weighted by molar-refractivity contribution is 7.91. The average molecular weight is 476 g/mol. The fourth-order valence-electron chi connectivity index (χ4n) is 4.85. The van der Waals surface area contributed by atoms with Gasteiger partial charge in [-0.1, -0.05) is 84.5 Å². The van der Waals surface area contributed by atoms with Gasteiger partial charge in [0.15, 0.2) is 4.90 Å². The lowest BCUT2D eigenvalue weighted by Gasteiger charge is -2.30. The van der Waals surface area contributed by atoms with Gasteiger partial charge in [0.2, 0.25) is 0 Å². The molecular formula is C29H30ClNOS. The predicted octanol–water partition coefficient (Wildman–Crippen LogP) is 6.69. The second-order valence-corrected chi connectivity index (χ2v) is 10.1. The standard InChI is InChI=1S/C29H29NOS.ClH/c31-32(26-11-2-1-3-12-26)22-8-19-30-20-17-25(18-21-30)29-27-13-6-4-9-23(27)15-16-24-10-5-7-14-28(24)29;/h1-7,9-16H,8,17-22H2;1H. The van der Waals surface area contributed by atoms with Gasteiger partial charge in [0.1, 0.15) is 5.75 Å². The van der Waals surface area contributed by atoms with Crippen molar-refractivity contribution in [2.24, 2.45) is 0 Å². The molecule has 2 aliphatic rings. The number of hydrogen-bond acceptors (Lipinski definition) is 2. The zero-order valence-electron chi connectivity index (χ0n) is 18.8. The van der Waals surface area contributed by atoms with E-state index >= 15 is 0 Å². The number of halogens is 1. The molecule has 0 aromatic heterocycles. The van der Waals surface area contributed by atoms with E-state index in [9.17, 15) is 4.55 Å². The van der Waals surface area contributed by atoms with E-state index in [4.69, 9.17) is 0 Å². The van der Waals surface area contributed by atoms with Gasteiger partial charge in [0.05, 0.1) is 0 Å². The summed E-state index contributed by atoms with van der Waals surface area (Å²) in [6.07, 6.45) is 7.68. The maximum atomic E-state index is 12.5. The summed E-state index contributed by atoms with van der Waals surface area (Å²) in [6, 6.07) is 27.4. The molecule has 170 valence electrons. The lowest BCUT2D eigenvalue weighted by Crippen LogP contribution is -2.32. The van der Waals surface area contributed by atoms with E-state index in [2.05, 4.69) is 65.6 Å². The van der Waals surface area contributed by atoms with Crippen LogP contribution in [-0.2, 0) is 11.2 Å². The molecule has 0 N–H and O–H groups in total. The minimum atomic E-state index is -0.893. The molecule has 0 bridgehead atoms. The SMILES string of the molecule is Cl.[O-][S+](CCCN1CCC(=C2c3ccccc3C=Cc3ccccc32)CC1)c1ccccc1. The second-order valence-electron chi connectivity index (χ2n) is 8.54. The highest BCUT2D eigenvalue weighted by Crippen LogP contribution is 2.38. The Labute approximate surface area is 206 Å². The maximum Gasteiger partial charge on any atom is 0.152 e. The third kappa shape index (κ3) is 5.44. The molecule has 1 aliphatic heterocycles. The van der Waals surface area contributed by atoms with Crippen molar-refractivity contribution in [3.63, 3.8) is 0 Å². The van der Waals surface area contributed by atoms with Crippen molar-refractivity contribution in [1.29, 1.82) is 0 Å². The molecule has 5 rings (SSSR count). The molecular weight excluding hydrogens is 446 g/mol. The van der Waals surface area contributed by atoms with Crippen LogP contribution in [0.15, 0.2) is 89.3 Å². The van der Waals surface area contributed by atoms with Crippen LogP contribution in [0.4, 0.5) is 0 Å². The summed E-state index contributed by atoms with van der Waals surface area (Å²) in [5.74, 6) is 0.737. The van der Waals surface area contributed by atoms with Crippen LogP contribution in [0.25, 0.3) is 17.7 Å². The van der Waals surface area contributed by atoms with Gasteiger partial charge in [0.25, 0.3) is 0 Å². The van der Waals surface area contributed by atoms with Gasteiger partial charge in [-0.3, -0.25) is 0 Å². The van der Waals surface area contributed by atoms with Crippen LogP contribution in [0.5, 0.6) is 0 Å². The molecule has 1 fully saturated rings. The first-order valence-electron chi connectivity index (χ1n) is 11.5. The Morgan fingerprint density at radius 3 is 1.88 bits per heavy atom. The number of benzene rings is 3. The molecule has 0 amide bonds. The summed E-state index contributed by atoms with van der Waals surface area (Å²) in [4.78, 5) is 3.48. The Bertz CT molecular complexity index is 1080. The van der Waals surface area contributed by atoms with E-state index < -0.39 is 11.2 Å². The second kappa shape index (κ2) is 11.2. The van der Waals surface area contributed by atoms with E-state index in [1.165, 1.54) is 27.8 Å². The molecule has 0 saturated carbocycles. The zero-order chi connectivity index (χ0) is 21.8. The Hall–Kier alpha value is -2.30. The molecule has 1 unspecified atom stereocenters. The molecule has 33 heavy (non-hydrogen) atoms. The predicted molar refractivity (Wildman–Crippen MR) is 143 cm³/mol. The Balaban J connectivity index is 0.00000259. The molecule has 3 aromatic carbocycles. The van der Waals surface area contributed by atoms with Crippen molar-refractivity contribution in [2.75, 3.05) is 25.4 Å². The van der Waals surface area contributed by atoms with Gasteiger partial charge >= 0.3 is 0 Å². The minimum Gasteiger partial charge on any atom is -0.611 e. The van der Waals surface area contributed by atoms with Crippen LogP contribution >= 0.6 is 12.4 Å². The smallest absolute Gasteiger partial charge is 0.152 e. The molecule has 0 radical (unpaired) electrons. The molecule has 4 heteroatoms. The summed E-state index contributed by atoms with van der Waals surface area (Å²) < 4.78 is 12.5. The van der Waals surface area contributed by atoms with E-state index in [0.29, 0.717) is 0 Å². The van der Waals surface area contributed by atoms with Crippen LogP contribution in [-0.4, -0.2) is 34.8 Å². The zero-order valence-corrected chi connectivity index (χ0v) is 20.4. The van der Waals surface area contributed by atoms with Crippen molar-refractivity contribution in [2.45, 2.75) is 24.2 Å². The third-order valence-electron chi connectivity index (χ3n) is 6.53. The first-order chi connectivity index (χ1) is 15.8. The van der Waals surface area contributed by atoms with Crippen LogP contribution in [0.3, 0.4) is 0 Å². The third-order valence-corrected chi connectivity index (χ3v) is 7.98. The summed E-state index contributed by atoms with van der Waals surface area (Å²) >= 11 is -0.893. The summed E-state index contributed by atoms with van der Waals surface area (Å²) in [5, 5.41) is 0. The fraction of sp³-hybridized carbons (Fsp3) is 0.241. The Kier molecular flexibility index (Phi) is 8.11. The van der Waals surface area contributed by atoms with Gasteiger partial charge in [0, 0.05) is 26.1 Å². The van der Waals surface area contributed by atoms with Gasteiger partial charge < -0.3 is 9.45 Å². The van der Waals surface area contributed by atoms with Gasteiger partial charge in [-0.15, -0.1) is 12.4 Å². The topological polar surface area (TPSA) is 26.3 Å². The molecule has 1 atom stereocenters. The Morgan fingerprint density at radius 1 is 0.727 bits per heavy atom. The van der Waals surface area contributed by atoms with E-state index in [0.717, 1.165) is 49.5 Å². The summed E-state index contributed by atoms with van der Waals surface area (Å²) in [6.45, 7) is 3.18. The first-order valence-corrected chi connectivity index (χ1v) is 12.9. The molecule has 1 heterocycles. The van der Waals surface area contributed by atoms with Crippen LogP contribution in [0, 0.1) is 0 Å². The normalized spacial score (nSPS) is 16.4. The van der Waals surface area contributed by atoms with Crippen molar-refractivity contribution in [3.05, 3.63) is 107 Å². The molecule has 2 nitrogen and oxygen atoms in total. The van der Waals surface area contributed by atoms with Crippen molar-refractivity contribution in [1.82, 2.24) is 4.90 Å². The molecule has 0 spiro atoms. The van der Waals surface area contributed by atoms with E-state index in [1.54, 1.807) is 5.57 Å². The molecule has 1 aliphatic carbocycles. The lowest BCUT2D eigenvalue weighted by molar-refractivity contribution is 0.258. The van der Waals surface area contributed by atoms with E-state index in [-0.39, 0.29) is 12.4 Å². The largest absolute Gasteiger partial charge is 0.611 e. The van der Waals surface area contributed by atoms with Gasteiger partial charge in [-0.2, -0.15) is 0 Å². The van der Waals surface area contributed by atoms with Gasteiger partial charge in [-0.25, -0.2) is 0 Å². The van der Waals surface area contributed by atoms with Crippen LogP contribution in [0.1, 0.15) is 41.5 Å². The Morgan fingerprint density at radius 2 is 1.27 bits per heavy atom. The summed E-state index contributed by atoms with van der Waals surface area (Å²) in [7, 11) is 0. The van der Waals surface area contributed by atoms with E-state index in [1.807, 2.05) is 30.3 Å². The lowest BCUT2D eigenvalue weighted by atomic mass is 9.86. The average Bonchev–Trinajstić information content (AvgIpc) is 3.02. The quantitative estimate of drug-likeness (QED) is 0.300. The highest BCUT2D eigenvalue weighted by Gasteiger charge is 2.22. The number of piperidine rings is 1. The monoisotopic (exact) mass is 475 g/mol. The van der Waals surface area contributed by atoms with Crippen LogP contribution < -0.4 is 0 Å². The molecule has 3 aromatic rings. The minimum absolute atomic E-state index is 0. The number of nitrogens with zero attached hydrogens (tertiary/aromatic N) is 1. The van der Waals surface area contributed by atoms with Gasteiger partial charge in [-0.05, 0) is 64.0 Å². The fourth-order valence-corrected chi connectivity index (χ4v) is 5.94. The number of rotatable bonds is 5. The number of fused-ring (bicyclic) bond motifs is 2. The number of likely N-dealkylation sites (tertiary alicyclic amines) is 1. The van der Waals surface area contributed by atoms with Crippen LogP contribution in [0.2, 0.25) is 0 Å². The van der Waals surface area contributed by atoms with Crippen molar-refractivity contribution >= 4 is 41.3 Å². The number of hydrogen-bond donors (Lipinski definition) is 0. The highest BCUT2D eigenvalue weighted by atomic mass is 35.5. The molecule has 1 saturated heterocycles. The van der Waals surface area contributed by atoms with Crippen molar-refractivity contribution in [3.8, 4) is 0 Å². The van der Waals surface area contributed by atoms with Crippen molar-refractivity contribution < 1.29 is 4.55 Å². The first kappa shape index (κ1) is 23.8. The summed E-state index contributed by atoms with van der Waals surface area (Å²) in [5.41, 5.74) is 8.32. The maximum absolute atomic E-state index is 12.5.